The van der Waals surface area contributed by atoms with Crippen LogP contribution in [0.3, 0.4) is 0 Å². The zero-order valence-corrected chi connectivity index (χ0v) is 18.2. The minimum Gasteiger partial charge on any atom is -0.383 e. The zero-order chi connectivity index (χ0) is 19.7. The molecular weight excluding hydrogens is 432 g/mol. The van der Waals surface area contributed by atoms with E-state index in [9.17, 15) is 8.42 Å². The molecular formula is C19H25BrN2O4S. The van der Waals surface area contributed by atoms with Gasteiger partial charge in [-0.25, -0.2) is 8.42 Å². The molecule has 2 aromatic rings. The van der Waals surface area contributed by atoms with Gasteiger partial charge in [0.1, 0.15) is 10.7 Å². The summed E-state index contributed by atoms with van der Waals surface area (Å²) in [6.45, 7) is 5.22. The number of rotatable bonds is 6. The molecule has 8 heteroatoms. The lowest BCUT2D eigenvalue weighted by Gasteiger charge is -2.37. The largest absolute Gasteiger partial charge is 0.383 e. The monoisotopic (exact) mass is 456 g/mol. The quantitative estimate of drug-likeness (QED) is 0.662. The fourth-order valence-corrected chi connectivity index (χ4v) is 5.80. The minimum atomic E-state index is -3.49. The lowest BCUT2D eigenvalue weighted by Crippen LogP contribution is -2.42. The van der Waals surface area contributed by atoms with E-state index < -0.39 is 14.6 Å². The molecule has 148 valence electrons. The van der Waals surface area contributed by atoms with E-state index in [1.54, 1.807) is 25.3 Å². The van der Waals surface area contributed by atoms with E-state index in [0.717, 1.165) is 11.3 Å². The second kappa shape index (κ2) is 8.03. The minimum absolute atomic E-state index is 0.334. The molecule has 2 heterocycles. The summed E-state index contributed by atoms with van der Waals surface area (Å²) in [4.78, 5) is 0.375. The first-order valence-electron chi connectivity index (χ1n) is 8.92. The van der Waals surface area contributed by atoms with E-state index in [1.165, 1.54) is 0 Å². The molecule has 1 aliphatic heterocycles. The van der Waals surface area contributed by atoms with Crippen molar-refractivity contribution < 1.29 is 17.9 Å². The van der Waals surface area contributed by atoms with Crippen molar-refractivity contribution in [1.29, 1.82) is 0 Å². The molecule has 0 saturated carbocycles. The maximum atomic E-state index is 13.4. The molecule has 1 aromatic carbocycles. The van der Waals surface area contributed by atoms with E-state index in [1.807, 2.05) is 30.7 Å². The number of nitrogens with zero attached hydrogens (tertiary/aromatic N) is 2. The van der Waals surface area contributed by atoms with Gasteiger partial charge >= 0.3 is 0 Å². The number of sulfone groups is 1. The van der Waals surface area contributed by atoms with E-state index in [2.05, 4.69) is 21.0 Å². The van der Waals surface area contributed by atoms with Crippen LogP contribution in [0.25, 0.3) is 0 Å². The van der Waals surface area contributed by atoms with Gasteiger partial charge in [0.2, 0.25) is 0 Å². The predicted octanol–water partition coefficient (Wildman–Crippen LogP) is 3.68. The Labute approximate surface area is 168 Å². The van der Waals surface area contributed by atoms with Crippen LogP contribution in [0.15, 0.2) is 39.8 Å². The molecule has 0 amide bonds. The molecule has 3 rings (SSSR count). The molecule has 0 radical (unpaired) electrons. The van der Waals surface area contributed by atoms with Crippen LogP contribution in [0, 0.1) is 6.92 Å². The van der Waals surface area contributed by atoms with Crippen LogP contribution in [-0.4, -0.2) is 43.3 Å². The molecule has 0 N–H and O–H groups in total. The summed E-state index contributed by atoms with van der Waals surface area (Å²) >= 11 is 3.41. The van der Waals surface area contributed by atoms with Gasteiger partial charge in [-0.05, 0) is 66.4 Å². The summed E-state index contributed by atoms with van der Waals surface area (Å²) in [6.07, 6.45) is 0.514. The third kappa shape index (κ3) is 4.13. The lowest BCUT2D eigenvalue weighted by molar-refractivity contribution is -0.00538. The first-order chi connectivity index (χ1) is 12.8. The van der Waals surface area contributed by atoms with E-state index >= 15 is 0 Å². The fourth-order valence-electron chi connectivity index (χ4n) is 3.49. The SMILES string of the molecule is COCCn1nc(Br)cc1C1CC(C)(S(=O)(=O)c2cccc(C)c2)CCO1. The summed E-state index contributed by atoms with van der Waals surface area (Å²) in [5.41, 5.74) is 1.80. The van der Waals surface area contributed by atoms with Crippen molar-refractivity contribution in [2.45, 2.75) is 49.0 Å². The van der Waals surface area contributed by atoms with Gasteiger partial charge in [0, 0.05) is 13.7 Å². The van der Waals surface area contributed by atoms with Crippen LogP contribution in [0.2, 0.25) is 0 Å². The number of aryl methyl sites for hydroxylation is 1. The summed E-state index contributed by atoms with van der Waals surface area (Å²) in [5, 5.41) is 4.43. The molecule has 1 fully saturated rings. The number of ether oxygens (including phenoxy) is 2. The van der Waals surface area contributed by atoms with Crippen LogP contribution in [0.4, 0.5) is 0 Å². The molecule has 1 aromatic heterocycles. The average molecular weight is 457 g/mol. The topological polar surface area (TPSA) is 70.4 Å². The zero-order valence-electron chi connectivity index (χ0n) is 15.8. The molecule has 0 bridgehead atoms. The van der Waals surface area contributed by atoms with Crippen molar-refractivity contribution in [3.63, 3.8) is 0 Å². The Kier molecular flexibility index (Phi) is 6.10. The average Bonchev–Trinajstić information content (AvgIpc) is 3.00. The lowest BCUT2D eigenvalue weighted by atomic mass is 9.95. The van der Waals surface area contributed by atoms with Gasteiger partial charge in [0.05, 0.1) is 28.5 Å². The van der Waals surface area contributed by atoms with Gasteiger partial charge in [-0.2, -0.15) is 5.10 Å². The number of hydrogen-bond acceptors (Lipinski definition) is 5. The van der Waals surface area contributed by atoms with Crippen LogP contribution >= 0.6 is 15.9 Å². The number of benzene rings is 1. The highest BCUT2D eigenvalue weighted by Gasteiger charge is 2.45. The first-order valence-corrected chi connectivity index (χ1v) is 11.2. The Hall–Kier alpha value is -1.22. The normalized spacial score (nSPS) is 23.5. The van der Waals surface area contributed by atoms with Gasteiger partial charge in [-0.1, -0.05) is 12.1 Å². The van der Waals surface area contributed by atoms with Crippen LogP contribution in [-0.2, 0) is 25.9 Å². The van der Waals surface area contributed by atoms with Crippen molar-refractivity contribution in [3.8, 4) is 0 Å². The van der Waals surface area contributed by atoms with Gasteiger partial charge < -0.3 is 9.47 Å². The molecule has 2 atom stereocenters. The molecule has 6 nitrogen and oxygen atoms in total. The van der Waals surface area contributed by atoms with Gasteiger partial charge in [0.15, 0.2) is 9.84 Å². The number of methoxy groups -OCH3 is 1. The Morgan fingerprint density at radius 1 is 1.41 bits per heavy atom. The van der Waals surface area contributed by atoms with Gasteiger partial charge in [-0.15, -0.1) is 0 Å². The first kappa shape index (κ1) is 20.5. The van der Waals surface area contributed by atoms with Crippen molar-refractivity contribution in [3.05, 3.63) is 46.2 Å². The highest BCUT2D eigenvalue weighted by molar-refractivity contribution is 9.10. The maximum absolute atomic E-state index is 13.4. The highest BCUT2D eigenvalue weighted by atomic mass is 79.9. The van der Waals surface area contributed by atoms with Crippen molar-refractivity contribution in [2.75, 3.05) is 20.3 Å². The van der Waals surface area contributed by atoms with Crippen LogP contribution < -0.4 is 0 Å². The van der Waals surface area contributed by atoms with Crippen molar-refractivity contribution in [2.24, 2.45) is 0 Å². The van der Waals surface area contributed by atoms with E-state index in [4.69, 9.17) is 9.47 Å². The fraction of sp³-hybridized carbons (Fsp3) is 0.526. The third-order valence-electron chi connectivity index (χ3n) is 5.13. The number of aromatic nitrogens is 2. The Balaban J connectivity index is 1.91. The summed E-state index contributed by atoms with van der Waals surface area (Å²) in [6, 6.07) is 9.01. The second-order valence-corrected chi connectivity index (χ2v) is 10.5. The molecule has 27 heavy (non-hydrogen) atoms. The van der Waals surface area contributed by atoms with Crippen LogP contribution in [0.1, 0.15) is 37.1 Å². The van der Waals surface area contributed by atoms with E-state index in [0.29, 0.717) is 42.1 Å². The molecule has 2 unspecified atom stereocenters. The standard InChI is InChI=1S/C19H25BrN2O4S/c1-14-5-4-6-15(11-14)27(23,24)19(2)7-9-26-17(13-19)16-12-18(20)21-22(16)8-10-25-3/h4-6,11-12,17H,7-10,13H2,1-3H3. The molecule has 0 aliphatic carbocycles. The molecule has 0 spiro atoms. The van der Waals surface area contributed by atoms with Gasteiger partial charge in [-0.3, -0.25) is 4.68 Å². The van der Waals surface area contributed by atoms with E-state index in [-0.39, 0.29) is 6.10 Å². The smallest absolute Gasteiger partial charge is 0.184 e. The Morgan fingerprint density at radius 3 is 2.89 bits per heavy atom. The number of hydrogen-bond donors (Lipinski definition) is 0. The summed E-state index contributed by atoms with van der Waals surface area (Å²) < 4.78 is 39.5. The Morgan fingerprint density at radius 2 is 2.19 bits per heavy atom. The predicted molar refractivity (Wildman–Crippen MR) is 106 cm³/mol. The summed E-state index contributed by atoms with van der Waals surface area (Å²) in [5.74, 6) is 0. The van der Waals surface area contributed by atoms with Crippen LogP contribution in [0.5, 0.6) is 0 Å². The second-order valence-electron chi connectivity index (χ2n) is 7.19. The highest BCUT2D eigenvalue weighted by Crippen LogP contribution is 2.42. The van der Waals surface area contributed by atoms with Gasteiger partial charge in [0.25, 0.3) is 0 Å². The summed E-state index contributed by atoms with van der Waals surface area (Å²) in [7, 11) is -1.85. The molecule has 1 aliphatic rings. The van der Waals surface area contributed by atoms with Crippen molar-refractivity contribution in [1.82, 2.24) is 9.78 Å². The van der Waals surface area contributed by atoms with Crippen molar-refractivity contribution >= 4 is 25.8 Å². The third-order valence-corrected chi connectivity index (χ3v) is 8.06. The number of halogens is 1. The maximum Gasteiger partial charge on any atom is 0.184 e. The Bertz CT molecular complexity index is 912. The molecule has 1 saturated heterocycles.